The molecule has 1 aliphatic rings. The molecule has 3 heterocycles. The number of amides is 1. The Balaban J connectivity index is 1.85. The number of rotatable bonds is 4. The third-order valence-corrected chi connectivity index (χ3v) is 4.80. The van der Waals surface area contributed by atoms with Crippen molar-refractivity contribution in [2.75, 3.05) is 0 Å². The molecule has 6 heteroatoms. The molecule has 28 heavy (non-hydrogen) atoms. The highest BCUT2D eigenvalue weighted by Crippen LogP contribution is 2.40. The van der Waals surface area contributed by atoms with Gasteiger partial charge in [0.25, 0.3) is 11.7 Å². The van der Waals surface area contributed by atoms with E-state index in [0.29, 0.717) is 22.8 Å². The number of hydrogen-bond donors (Lipinski definition) is 1. The Morgan fingerprint density at radius 1 is 1.07 bits per heavy atom. The maximum absolute atomic E-state index is 12.8. The van der Waals surface area contributed by atoms with E-state index in [1.165, 1.54) is 11.2 Å². The molecule has 4 rings (SSSR count). The van der Waals surface area contributed by atoms with Crippen LogP contribution in [0.4, 0.5) is 0 Å². The van der Waals surface area contributed by atoms with E-state index in [0.717, 1.165) is 5.56 Å². The van der Waals surface area contributed by atoms with Crippen molar-refractivity contribution in [3.8, 4) is 0 Å². The van der Waals surface area contributed by atoms with Gasteiger partial charge in [0, 0.05) is 5.56 Å². The average molecular weight is 377 g/mol. The zero-order chi connectivity index (χ0) is 19.8. The van der Waals surface area contributed by atoms with Crippen molar-refractivity contribution >= 4 is 17.4 Å². The molecule has 1 aromatic carbocycles. The molecule has 0 bridgehead atoms. The van der Waals surface area contributed by atoms with E-state index in [-0.39, 0.29) is 17.9 Å². The van der Waals surface area contributed by atoms with E-state index >= 15 is 0 Å². The summed E-state index contributed by atoms with van der Waals surface area (Å²) < 4.78 is 11.1. The summed E-state index contributed by atoms with van der Waals surface area (Å²) in [7, 11) is 0. The van der Waals surface area contributed by atoms with Crippen LogP contribution in [0.5, 0.6) is 0 Å². The van der Waals surface area contributed by atoms with Crippen molar-refractivity contribution < 1.29 is 23.5 Å². The molecular weight excluding hydrogens is 358 g/mol. The largest absolute Gasteiger partial charge is 0.507 e. The number of likely N-dealkylation sites (tertiary alicyclic amines) is 1. The molecule has 1 atom stereocenters. The van der Waals surface area contributed by atoms with Gasteiger partial charge in [-0.3, -0.25) is 9.59 Å². The minimum atomic E-state index is -0.833. The Morgan fingerprint density at radius 2 is 1.82 bits per heavy atom. The lowest BCUT2D eigenvalue weighted by atomic mass is 9.99. The van der Waals surface area contributed by atoms with Crippen molar-refractivity contribution in [1.82, 2.24) is 4.90 Å². The topological polar surface area (TPSA) is 83.9 Å². The summed E-state index contributed by atoms with van der Waals surface area (Å²) in [6, 6.07) is 13.2. The van der Waals surface area contributed by atoms with Gasteiger partial charge in [-0.05, 0) is 38.1 Å². The van der Waals surface area contributed by atoms with Crippen molar-refractivity contribution in [2.24, 2.45) is 0 Å². The molecular formula is C22H19NO5. The van der Waals surface area contributed by atoms with E-state index in [4.69, 9.17) is 8.83 Å². The number of ketones is 1. The van der Waals surface area contributed by atoms with Gasteiger partial charge in [0.2, 0.25) is 0 Å². The van der Waals surface area contributed by atoms with Crippen LogP contribution in [-0.2, 0) is 16.1 Å². The van der Waals surface area contributed by atoms with Crippen molar-refractivity contribution in [1.29, 1.82) is 0 Å². The highest BCUT2D eigenvalue weighted by Gasteiger charge is 2.47. The molecule has 1 aliphatic heterocycles. The second kappa shape index (κ2) is 6.88. The fourth-order valence-electron chi connectivity index (χ4n) is 3.38. The van der Waals surface area contributed by atoms with Gasteiger partial charge in [-0.2, -0.15) is 0 Å². The normalized spacial score (nSPS) is 18.8. The Morgan fingerprint density at radius 3 is 2.43 bits per heavy atom. The van der Waals surface area contributed by atoms with E-state index in [1.807, 2.05) is 19.1 Å². The Bertz CT molecular complexity index is 1060. The second-order valence-corrected chi connectivity index (χ2v) is 6.82. The smallest absolute Gasteiger partial charge is 0.296 e. The number of Topliss-reactive ketones (excluding diaryl/α,β-unsaturated/α-hetero) is 1. The van der Waals surface area contributed by atoms with E-state index in [2.05, 4.69) is 0 Å². The molecule has 2 aromatic heterocycles. The zero-order valence-corrected chi connectivity index (χ0v) is 15.5. The van der Waals surface area contributed by atoms with Crippen LogP contribution >= 0.6 is 0 Å². The van der Waals surface area contributed by atoms with E-state index in [1.54, 1.807) is 43.3 Å². The average Bonchev–Trinajstić information content (AvgIpc) is 3.39. The lowest BCUT2D eigenvalue weighted by molar-refractivity contribution is -0.140. The van der Waals surface area contributed by atoms with Crippen molar-refractivity contribution in [3.05, 3.63) is 88.8 Å². The first-order chi connectivity index (χ1) is 13.5. The fraction of sp³-hybridized carbons (Fsp3) is 0.182. The SMILES string of the molecule is Cc1ccc(C(O)=C2C(=O)C(=O)N(Cc3ccco3)C2c2ccc(C)o2)cc1. The fourth-order valence-corrected chi connectivity index (χ4v) is 3.38. The van der Waals surface area contributed by atoms with Crippen LogP contribution in [0.15, 0.2) is 69.2 Å². The van der Waals surface area contributed by atoms with Gasteiger partial charge >= 0.3 is 0 Å². The van der Waals surface area contributed by atoms with Crippen molar-refractivity contribution in [2.45, 2.75) is 26.4 Å². The molecule has 1 N–H and O–H groups in total. The number of aliphatic hydroxyl groups excluding tert-OH is 1. The van der Waals surface area contributed by atoms with Crippen molar-refractivity contribution in [3.63, 3.8) is 0 Å². The molecule has 1 unspecified atom stereocenters. The first-order valence-corrected chi connectivity index (χ1v) is 8.90. The summed E-state index contributed by atoms with van der Waals surface area (Å²) in [4.78, 5) is 27.0. The predicted octanol–water partition coefficient (Wildman–Crippen LogP) is 4.11. The van der Waals surface area contributed by atoms with Gasteiger partial charge in [0.15, 0.2) is 0 Å². The number of hydrogen-bond acceptors (Lipinski definition) is 5. The Hall–Kier alpha value is -3.54. The lowest BCUT2D eigenvalue weighted by Gasteiger charge is -2.22. The molecule has 0 saturated carbocycles. The summed E-state index contributed by atoms with van der Waals surface area (Å²) in [5.41, 5.74) is 1.50. The summed E-state index contributed by atoms with van der Waals surface area (Å²) >= 11 is 0. The molecule has 0 spiro atoms. The van der Waals surface area contributed by atoms with Gasteiger partial charge in [-0.1, -0.05) is 29.8 Å². The van der Waals surface area contributed by atoms with E-state index in [9.17, 15) is 14.7 Å². The van der Waals surface area contributed by atoms with Gasteiger partial charge in [0.05, 0.1) is 18.4 Å². The number of benzene rings is 1. The maximum atomic E-state index is 12.8. The highest BCUT2D eigenvalue weighted by molar-refractivity contribution is 6.46. The molecule has 6 nitrogen and oxygen atoms in total. The minimum absolute atomic E-state index is 0.00904. The Kier molecular flexibility index (Phi) is 4.39. The quantitative estimate of drug-likeness (QED) is 0.420. The van der Waals surface area contributed by atoms with Gasteiger partial charge in [0.1, 0.15) is 29.1 Å². The monoisotopic (exact) mass is 377 g/mol. The predicted molar refractivity (Wildman–Crippen MR) is 101 cm³/mol. The first-order valence-electron chi connectivity index (χ1n) is 8.90. The number of aryl methyl sites for hydroxylation is 2. The van der Waals surface area contributed by atoms with Crippen LogP contribution in [0, 0.1) is 13.8 Å². The molecule has 0 radical (unpaired) electrons. The molecule has 0 aliphatic carbocycles. The summed E-state index contributed by atoms with van der Waals surface area (Å²) in [5.74, 6) is -0.0801. The number of carbonyl (C=O) groups is 2. The minimum Gasteiger partial charge on any atom is -0.507 e. The number of furan rings is 2. The Labute approximate surface area is 161 Å². The number of nitrogens with zero attached hydrogens (tertiary/aromatic N) is 1. The number of aliphatic hydroxyl groups is 1. The van der Waals surface area contributed by atoms with Gasteiger partial charge < -0.3 is 18.8 Å². The third kappa shape index (κ3) is 3.03. The number of carbonyl (C=O) groups excluding carboxylic acids is 2. The van der Waals surface area contributed by atoms with Crippen LogP contribution in [-0.4, -0.2) is 21.7 Å². The second-order valence-electron chi connectivity index (χ2n) is 6.82. The molecule has 1 saturated heterocycles. The van der Waals surface area contributed by atoms with Crippen LogP contribution in [0.25, 0.3) is 5.76 Å². The lowest BCUT2D eigenvalue weighted by Crippen LogP contribution is -2.28. The van der Waals surface area contributed by atoms with Gasteiger partial charge in [-0.25, -0.2) is 0 Å². The standard InChI is InChI=1S/C22H19NO5/c1-13-5-8-15(9-6-13)20(24)18-19(17-10-7-14(2)28-17)23(22(26)21(18)25)12-16-4-3-11-27-16/h3-11,19,24H,12H2,1-2H3. The summed E-state index contributed by atoms with van der Waals surface area (Å²) in [6.45, 7) is 3.80. The summed E-state index contributed by atoms with van der Waals surface area (Å²) in [6.07, 6.45) is 1.50. The zero-order valence-electron chi connectivity index (χ0n) is 15.5. The van der Waals surface area contributed by atoms with Crippen LogP contribution in [0.2, 0.25) is 0 Å². The molecule has 142 valence electrons. The maximum Gasteiger partial charge on any atom is 0.296 e. The third-order valence-electron chi connectivity index (χ3n) is 4.80. The van der Waals surface area contributed by atoms with E-state index < -0.39 is 17.7 Å². The molecule has 1 fully saturated rings. The molecule has 1 amide bonds. The first kappa shape index (κ1) is 17.9. The van der Waals surface area contributed by atoms with Crippen LogP contribution in [0.3, 0.4) is 0 Å². The molecule has 3 aromatic rings. The highest BCUT2D eigenvalue weighted by atomic mass is 16.3. The summed E-state index contributed by atoms with van der Waals surface area (Å²) in [5, 5.41) is 10.9. The van der Waals surface area contributed by atoms with Crippen LogP contribution in [0.1, 0.15) is 34.4 Å². The van der Waals surface area contributed by atoms with Crippen LogP contribution < -0.4 is 0 Å². The van der Waals surface area contributed by atoms with Gasteiger partial charge in [-0.15, -0.1) is 0 Å².